The summed E-state index contributed by atoms with van der Waals surface area (Å²) in [5.74, 6) is 0.739. The van der Waals surface area contributed by atoms with Crippen LogP contribution in [0.15, 0.2) is 72.8 Å². The lowest BCUT2D eigenvalue weighted by Crippen LogP contribution is -2.39. The summed E-state index contributed by atoms with van der Waals surface area (Å²) in [4.78, 5) is 29.7. The van der Waals surface area contributed by atoms with Crippen molar-refractivity contribution in [3.63, 3.8) is 0 Å². The van der Waals surface area contributed by atoms with Crippen LogP contribution in [0, 0.1) is 0 Å². The Bertz CT molecular complexity index is 1250. The quantitative estimate of drug-likeness (QED) is 0.401. The molecule has 3 aromatic rings. The van der Waals surface area contributed by atoms with Gasteiger partial charge in [0.2, 0.25) is 5.91 Å². The van der Waals surface area contributed by atoms with Crippen LogP contribution in [0.3, 0.4) is 0 Å². The van der Waals surface area contributed by atoms with Crippen molar-refractivity contribution < 1.29 is 19.1 Å². The normalized spacial score (nSPS) is 15.2. The number of ether oxygens (including phenoxy) is 2. The molecule has 1 aliphatic heterocycles. The number of rotatable bonds is 9. The molecule has 186 valence electrons. The molecule has 1 heterocycles. The van der Waals surface area contributed by atoms with Crippen molar-refractivity contribution in [3.05, 3.63) is 83.4 Å². The summed E-state index contributed by atoms with van der Waals surface area (Å²) in [6.07, 6.45) is 0.545. The molecule has 0 aromatic heterocycles. The van der Waals surface area contributed by atoms with Gasteiger partial charge in [-0.15, -0.1) is 0 Å². The van der Waals surface area contributed by atoms with Crippen LogP contribution in [0.1, 0.15) is 12.0 Å². The van der Waals surface area contributed by atoms with Gasteiger partial charge in [0.25, 0.3) is 5.91 Å². The molecule has 1 atom stereocenters. The average molecular weight is 524 g/mol. The molecule has 0 spiro atoms. The van der Waals surface area contributed by atoms with Crippen molar-refractivity contribution in [3.8, 4) is 11.5 Å². The number of thiocarbonyl (C=S) groups is 1. The van der Waals surface area contributed by atoms with Crippen LogP contribution >= 0.6 is 23.8 Å². The van der Waals surface area contributed by atoms with Crippen LogP contribution in [-0.2, 0) is 16.0 Å². The summed E-state index contributed by atoms with van der Waals surface area (Å²) in [5, 5.41) is 3.76. The highest BCUT2D eigenvalue weighted by atomic mass is 35.5. The summed E-state index contributed by atoms with van der Waals surface area (Å²) < 4.78 is 10.7. The first-order valence-corrected chi connectivity index (χ1v) is 12.2. The van der Waals surface area contributed by atoms with E-state index in [1.165, 1.54) is 4.90 Å². The molecule has 2 amide bonds. The molecule has 3 aromatic carbocycles. The number of halogens is 1. The van der Waals surface area contributed by atoms with E-state index >= 15 is 0 Å². The first-order valence-electron chi connectivity index (χ1n) is 11.4. The van der Waals surface area contributed by atoms with Crippen molar-refractivity contribution >= 4 is 52.1 Å². The van der Waals surface area contributed by atoms with Gasteiger partial charge >= 0.3 is 0 Å². The molecule has 0 aliphatic carbocycles. The first kappa shape index (κ1) is 25.5. The highest BCUT2D eigenvalue weighted by Crippen LogP contribution is 2.30. The molecular weight excluding hydrogens is 498 g/mol. The zero-order valence-corrected chi connectivity index (χ0v) is 21.5. The van der Waals surface area contributed by atoms with Crippen LogP contribution in [0.25, 0.3) is 0 Å². The second-order valence-corrected chi connectivity index (χ2v) is 9.00. The fraction of sp³-hybridized carbons (Fsp3) is 0.222. The maximum atomic E-state index is 13.5. The van der Waals surface area contributed by atoms with Gasteiger partial charge in [0.05, 0.1) is 26.3 Å². The number of anilines is 2. The maximum absolute atomic E-state index is 13.5. The first-order chi connectivity index (χ1) is 17.4. The lowest BCUT2D eigenvalue weighted by atomic mass is 10.1. The molecular formula is C27H26ClN3O4S. The summed E-state index contributed by atoms with van der Waals surface area (Å²) >= 11 is 11.8. The monoisotopic (exact) mass is 523 g/mol. The van der Waals surface area contributed by atoms with Crippen molar-refractivity contribution in [1.29, 1.82) is 0 Å². The zero-order chi connectivity index (χ0) is 25.7. The Kier molecular flexibility index (Phi) is 8.07. The fourth-order valence-corrected chi connectivity index (χ4v) is 4.65. The molecule has 1 fully saturated rings. The average Bonchev–Trinajstić information content (AvgIpc) is 3.12. The summed E-state index contributed by atoms with van der Waals surface area (Å²) in [5.41, 5.74) is 2.26. The third-order valence-corrected chi connectivity index (χ3v) is 6.60. The number of methoxy groups -OCH3 is 2. The van der Waals surface area contributed by atoms with Gasteiger partial charge in [-0.3, -0.25) is 14.5 Å². The molecule has 36 heavy (non-hydrogen) atoms. The third-order valence-electron chi connectivity index (χ3n) is 5.93. The van der Waals surface area contributed by atoms with E-state index in [2.05, 4.69) is 5.32 Å². The lowest BCUT2D eigenvalue weighted by molar-refractivity contribution is -0.124. The molecule has 0 bridgehead atoms. The van der Waals surface area contributed by atoms with Gasteiger partial charge in [0.1, 0.15) is 6.04 Å². The number of nitrogens with zero attached hydrogens (tertiary/aromatic N) is 2. The molecule has 1 N–H and O–H groups in total. The molecule has 1 aliphatic rings. The number of hydrogen-bond acceptors (Lipinski definition) is 5. The molecule has 9 heteroatoms. The van der Waals surface area contributed by atoms with Crippen molar-refractivity contribution in [1.82, 2.24) is 4.90 Å². The lowest BCUT2D eigenvalue weighted by Gasteiger charge is -2.24. The van der Waals surface area contributed by atoms with E-state index < -0.39 is 6.04 Å². The highest BCUT2D eigenvalue weighted by molar-refractivity contribution is 7.80. The Labute approximate surface area is 220 Å². The molecule has 0 radical (unpaired) electrons. The van der Waals surface area contributed by atoms with Gasteiger partial charge in [0, 0.05) is 17.3 Å². The predicted octanol–water partition coefficient (Wildman–Crippen LogP) is 4.93. The molecule has 1 saturated heterocycles. The topological polar surface area (TPSA) is 71.1 Å². The highest BCUT2D eigenvalue weighted by Gasteiger charge is 2.43. The van der Waals surface area contributed by atoms with Gasteiger partial charge < -0.3 is 19.7 Å². The van der Waals surface area contributed by atoms with E-state index in [9.17, 15) is 9.59 Å². The zero-order valence-electron chi connectivity index (χ0n) is 19.9. The van der Waals surface area contributed by atoms with Gasteiger partial charge in [-0.05, 0) is 72.7 Å². The second-order valence-electron chi connectivity index (χ2n) is 8.20. The molecule has 1 unspecified atom stereocenters. The third kappa shape index (κ3) is 5.61. The van der Waals surface area contributed by atoms with E-state index in [-0.39, 0.29) is 18.2 Å². The number of carbonyl (C=O) groups excluding carboxylic acids is 2. The number of amides is 2. The SMILES string of the molecule is COc1ccc(CCN2C(=S)N(c3ccc(Cl)cc3)C(=O)C2CC(=O)Nc2ccccc2)cc1OC. The van der Waals surface area contributed by atoms with E-state index in [0.29, 0.717) is 46.0 Å². The smallest absolute Gasteiger partial charge is 0.256 e. The minimum absolute atomic E-state index is 0.0378. The summed E-state index contributed by atoms with van der Waals surface area (Å²) in [6, 6.07) is 21.0. The molecule has 7 nitrogen and oxygen atoms in total. The van der Waals surface area contributed by atoms with Gasteiger partial charge in [-0.25, -0.2) is 0 Å². The number of nitrogens with one attached hydrogen (secondary N) is 1. The Morgan fingerprint density at radius 1 is 1.00 bits per heavy atom. The van der Waals surface area contributed by atoms with Gasteiger partial charge in [0.15, 0.2) is 16.6 Å². The van der Waals surface area contributed by atoms with Crippen molar-refractivity contribution in [2.45, 2.75) is 18.9 Å². The van der Waals surface area contributed by atoms with Crippen molar-refractivity contribution in [2.24, 2.45) is 0 Å². The van der Waals surface area contributed by atoms with Crippen LogP contribution in [0.2, 0.25) is 5.02 Å². The van der Waals surface area contributed by atoms with Crippen LogP contribution in [0.4, 0.5) is 11.4 Å². The Morgan fingerprint density at radius 3 is 2.36 bits per heavy atom. The predicted molar refractivity (Wildman–Crippen MR) is 145 cm³/mol. The van der Waals surface area contributed by atoms with E-state index in [4.69, 9.17) is 33.3 Å². The number of hydrogen-bond donors (Lipinski definition) is 1. The summed E-state index contributed by atoms with van der Waals surface area (Å²) in [6.45, 7) is 0.438. The second kappa shape index (κ2) is 11.4. The van der Waals surface area contributed by atoms with E-state index in [0.717, 1.165) is 5.56 Å². The number of para-hydroxylation sites is 1. The van der Waals surface area contributed by atoms with Gasteiger partial charge in [-0.2, -0.15) is 0 Å². The van der Waals surface area contributed by atoms with Crippen LogP contribution in [0.5, 0.6) is 11.5 Å². The van der Waals surface area contributed by atoms with Gasteiger partial charge in [-0.1, -0.05) is 35.9 Å². The Morgan fingerprint density at radius 2 is 1.69 bits per heavy atom. The fourth-order valence-electron chi connectivity index (χ4n) is 4.11. The minimum atomic E-state index is -0.739. The van der Waals surface area contributed by atoms with E-state index in [1.54, 1.807) is 50.6 Å². The van der Waals surface area contributed by atoms with Crippen LogP contribution < -0.4 is 19.7 Å². The molecule has 0 saturated carbocycles. The standard InChI is InChI=1S/C27H26ClN3O4S/c1-34-23-13-8-18(16-24(23)35-2)14-15-30-22(17-25(32)29-20-6-4-3-5-7-20)26(33)31(27(30)36)21-11-9-19(28)10-12-21/h3-13,16,22H,14-15,17H2,1-2H3,(H,29,32). The number of benzene rings is 3. The Hall–Kier alpha value is -3.62. The van der Waals surface area contributed by atoms with E-state index in [1.807, 2.05) is 41.3 Å². The minimum Gasteiger partial charge on any atom is -0.493 e. The largest absolute Gasteiger partial charge is 0.493 e. The number of carbonyl (C=O) groups is 2. The maximum Gasteiger partial charge on any atom is 0.256 e. The Balaban J connectivity index is 1.56. The summed E-state index contributed by atoms with van der Waals surface area (Å²) in [7, 11) is 3.17. The van der Waals surface area contributed by atoms with Crippen molar-refractivity contribution in [2.75, 3.05) is 31.0 Å². The molecule has 4 rings (SSSR count). The van der Waals surface area contributed by atoms with Crippen LogP contribution in [-0.4, -0.2) is 48.6 Å².